The van der Waals surface area contributed by atoms with Gasteiger partial charge in [-0.15, -0.1) is 0 Å². The van der Waals surface area contributed by atoms with Crippen LogP contribution in [-0.4, -0.2) is 48.5 Å². The summed E-state index contributed by atoms with van der Waals surface area (Å²) in [6.07, 6.45) is 11.9. The van der Waals surface area contributed by atoms with Crippen molar-refractivity contribution in [2.75, 3.05) is 20.7 Å². The van der Waals surface area contributed by atoms with Crippen LogP contribution in [0, 0.1) is 5.92 Å². The van der Waals surface area contributed by atoms with Gasteiger partial charge in [0.1, 0.15) is 0 Å². The van der Waals surface area contributed by atoms with Crippen LogP contribution >= 0.6 is 9.24 Å². The molecule has 0 aromatic rings. The van der Waals surface area contributed by atoms with Crippen LogP contribution in [0.15, 0.2) is 87.8 Å². The predicted molar refractivity (Wildman–Crippen MR) is 138 cm³/mol. The molecule has 0 amide bonds. The highest BCUT2D eigenvalue weighted by Gasteiger charge is 2.32. The van der Waals surface area contributed by atoms with E-state index < -0.39 is 17.7 Å². The van der Waals surface area contributed by atoms with E-state index in [9.17, 15) is 13.9 Å². The summed E-state index contributed by atoms with van der Waals surface area (Å²) in [5.41, 5.74) is 7.71. The Hall–Kier alpha value is -2.54. The lowest BCUT2D eigenvalue weighted by atomic mass is 9.88. The number of nitrogens with zero attached hydrogens (tertiary/aromatic N) is 2. The first-order chi connectivity index (χ1) is 16.0. The zero-order chi connectivity index (χ0) is 25.5. The van der Waals surface area contributed by atoms with E-state index in [1.807, 2.05) is 19.1 Å². The maximum atomic E-state index is 13.6. The lowest BCUT2D eigenvalue weighted by molar-refractivity contribution is 0.0585. The maximum Gasteiger partial charge on any atom is 0.265 e. The van der Waals surface area contributed by atoms with Crippen LogP contribution in [0.2, 0.25) is 0 Å². The molecule has 0 radical (unpaired) electrons. The molecule has 9 heteroatoms. The fourth-order valence-corrected chi connectivity index (χ4v) is 4.05. The number of aliphatic hydroxyl groups excluding tert-OH is 1. The van der Waals surface area contributed by atoms with E-state index in [-0.39, 0.29) is 12.8 Å². The number of alkyl halides is 2. The van der Waals surface area contributed by atoms with Gasteiger partial charge in [0.05, 0.1) is 19.8 Å². The van der Waals surface area contributed by atoms with E-state index in [4.69, 9.17) is 16.3 Å². The summed E-state index contributed by atoms with van der Waals surface area (Å²) in [4.78, 5) is 4.56. The van der Waals surface area contributed by atoms with Crippen molar-refractivity contribution >= 4 is 15.1 Å². The first kappa shape index (κ1) is 27.7. The fourth-order valence-electron chi connectivity index (χ4n) is 3.80. The van der Waals surface area contributed by atoms with Crippen LogP contribution in [0.1, 0.15) is 26.2 Å². The number of methoxy groups -OCH3 is 1. The Labute approximate surface area is 203 Å². The quantitative estimate of drug-likeness (QED) is 0.195. The van der Waals surface area contributed by atoms with Crippen molar-refractivity contribution in [3.63, 3.8) is 0 Å². The Morgan fingerprint density at radius 1 is 1.50 bits per heavy atom. The topological polar surface area (TPSA) is 97.1 Å². The molecular weight excluding hydrogens is 457 g/mol. The van der Waals surface area contributed by atoms with Gasteiger partial charge in [0.15, 0.2) is 0 Å². The third-order valence-electron chi connectivity index (χ3n) is 5.91. The van der Waals surface area contributed by atoms with Gasteiger partial charge in [0, 0.05) is 43.3 Å². The number of aliphatic hydroxyl groups is 1. The molecule has 0 fully saturated rings. The molecule has 2 rings (SSSR count). The number of hydrogen-bond acceptors (Lipinski definition) is 6. The van der Waals surface area contributed by atoms with E-state index >= 15 is 0 Å². The molecule has 1 heterocycles. The second-order valence-electron chi connectivity index (χ2n) is 8.32. The van der Waals surface area contributed by atoms with Crippen LogP contribution in [0.5, 0.6) is 0 Å². The van der Waals surface area contributed by atoms with Gasteiger partial charge in [-0.25, -0.2) is 19.6 Å². The lowest BCUT2D eigenvalue weighted by Crippen LogP contribution is -2.29. The normalized spacial score (nSPS) is 21.9. The van der Waals surface area contributed by atoms with Gasteiger partial charge in [0.2, 0.25) is 5.90 Å². The number of ether oxygens (including phenoxy) is 1. The highest BCUT2D eigenvalue weighted by atomic mass is 31.0. The molecule has 1 aliphatic carbocycles. The minimum atomic E-state index is -2.83. The summed E-state index contributed by atoms with van der Waals surface area (Å²) in [7, 11) is 4.83. The Morgan fingerprint density at radius 2 is 2.21 bits per heavy atom. The number of hydrazine groups is 1. The molecule has 3 atom stereocenters. The van der Waals surface area contributed by atoms with Crippen molar-refractivity contribution in [2.24, 2.45) is 22.5 Å². The molecule has 0 aromatic carbocycles. The van der Waals surface area contributed by atoms with Crippen LogP contribution in [-0.2, 0) is 4.74 Å². The van der Waals surface area contributed by atoms with E-state index in [0.29, 0.717) is 30.1 Å². The first-order valence-electron chi connectivity index (χ1n) is 10.9. The van der Waals surface area contributed by atoms with Crippen LogP contribution in [0.3, 0.4) is 0 Å². The maximum absolute atomic E-state index is 13.6. The average Bonchev–Trinajstić information content (AvgIpc) is 2.79. The largest absolute Gasteiger partial charge is 0.481 e. The minimum Gasteiger partial charge on any atom is -0.481 e. The van der Waals surface area contributed by atoms with Crippen molar-refractivity contribution in [1.29, 1.82) is 0 Å². The molecule has 0 bridgehead atoms. The van der Waals surface area contributed by atoms with Gasteiger partial charge in [-0.05, 0) is 35.6 Å². The second kappa shape index (κ2) is 12.2. The smallest absolute Gasteiger partial charge is 0.265 e. The first-order valence-corrected chi connectivity index (χ1v) is 11.5. The highest BCUT2D eigenvalue weighted by Crippen LogP contribution is 2.38. The van der Waals surface area contributed by atoms with Gasteiger partial charge in [0.25, 0.3) is 5.66 Å². The Bertz CT molecular complexity index is 985. The van der Waals surface area contributed by atoms with Crippen molar-refractivity contribution in [2.45, 2.75) is 38.0 Å². The number of rotatable bonds is 9. The van der Waals surface area contributed by atoms with Gasteiger partial charge in [-0.3, -0.25) is 0 Å². The molecule has 34 heavy (non-hydrogen) atoms. The summed E-state index contributed by atoms with van der Waals surface area (Å²) < 4.78 is 32.7. The second-order valence-corrected chi connectivity index (χ2v) is 9.09. The number of allylic oxidation sites excluding steroid dienone is 6. The van der Waals surface area contributed by atoms with E-state index in [1.54, 1.807) is 47.7 Å². The van der Waals surface area contributed by atoms with Gasteiger partial charge >= 0.3 is 0 Å². The Morgan fingerprint density at radius 3 is 2.71 bits per heavy atom. The molecule has 0 aromatic heterocycles. The molecule has 3 unspecified atom stereocenters. The van der Waals surface area contributed by atoms with E-state index in [1.165, 1.54) is 11.2 Å². The molecule has 0 spiro atoms. The molecular formula is C25H35F2N4O2P. The van der Waals surface area contributed by atoms with Crippen molar-refractivity contribution in [3.8, 4) is 0 Å². The standard InChI is InChI=1S/C25H35F2N4O2P/c1-5-6-18(23(32)13-21(14-28)31(3)29)12-19-15-30-24(33-4)22(16(19)2)11-17-7-9-20(10-8-17)25(26,27)34/h5-9,12,14,20,23,32H,1,10-11,13,15,28-29,34H2,2-4H3/b18-6+,19-12+,21-14-. The minimum absolute atomic E-state index is 0.231. The van der Waals surface area contributed by atoms with Gasteiger partial charge in [-0.2, -0.15) is 0 Å². The fraction of sp³-hybridized carbons (Fsp3) is 0.400. The number of nitrogens with two attached hydrogens (primary N) is 2. The van der Waals surface area contributed by atoms with Gasteiger partial charge < -0.3 is 20.6 Å². The number of aliphatic imine (C=N–C) groups is 1. The molecule has 5 N–H and O–H groups in total. The molecule has 6 nitrogen and oxygen atoms in total. The van der Waals surface area contributed by atoms with Crippen molar-refractivity contribution in [3.05, 3.63) is 82.8 Å². The third-order valence-corrected chi connectivity index (χ3v) is 6.34. The summed E-state index contributed by atoms with van der Waals surface area (Å²) in [6.45, 7) is 6.10. The van der Waals surface area contributed by atoms with Crippen LogP contribution in [0.25, 0.3) is 0 Å². The lowest BCUT2D eigenvalue weighted by Gasteiger charge is -2.25. The number of hydrogen-bond donors (Lipinski definition) is 3. The molecule has 1 aliphatic heterocycles. The van der Waals surface area contributed by atoms with E-state index in [0.717, 1.165) is 22.3 Å². The van der Waals surface area contributed by atoms with Crippen molar-refractivity contribution < 1.29 is 18.6 Å². The number of dihydropyridines is 1. The summed E-state index contributed by atoms with van der Waals surface area (Å²) in [6, 6.07) is 0. The van der Waals surface area contributed by atoms with Crippen molar-refractivity contribution in [1.82, 2.24) is 5.01 Å². The SMILES string of the molecule is C=C/C=C(\C=C1/CN=C(OC)C(CC2=CCC(C(F)(F)P)C=C2)=C1C)C(O)C/C(=C/N)N(C)N. The zero-order valence-corrected chi connectivity index (χ0v) is 21.1. The molecule has 186 valence electrons. The molecule has 2 aliphatic rings. The van der Waals surface area contributed by atoms with Gasteiger partial charge in [-0.1, -0.05) is 52.3 Å². The highest BCUT2D eigenvalue weighted by molar-refractivity contribution is 7.18. The summed E-state index contributed by atoms with van der Waals surface area (Å²) in [5.74, 6) is 5.46. The Balaban J connectivity index is 2.33. The summed E-state index contributed by atoms with van der Waals surface area (Å²) >= 11 is 0. The van der Waals surface area contributed by atoms with Crippen LogP contribution in [0.4, 0.5) is 8.78 Å². The predicted octanol–water partition coefficient (Wildman–Crippen LogP) is 4.12. The van der Waals surface area contributed by atoms with Crippen LogP contribution < -0.4 is 11.6 Å². The molecule has 0 saturated heterocycles. The zero-order valence-electron chi connectivity index (χ0n) is 20.0. The summed E-state index contributed by atoms with van der Waals surface area (Å²) in [5, 5.41) is 12.2. The van der Waals surface area contributed by atoms with E-state index in [2.05, 4.69) is 11.6 Å². The monoisotopic (exact) mass is 492 g/mol. The Kier molecular flexibility index (Phi) is 9.98. The number of halogens is 2. The average molecular weight is 493 g/mol. The third kappa shape index (κ3) is 7.23. The molecule has 0 saturated carbocycles.